The van der Waals surface area contributed by atoms with Gasteiger partial charge in [0.1, 0.15) is 11.6 Å². The highest BCUT2D eigenvalue weighted by Gasteiger charge is 2.10. The van der Waals surface area contributed by atoms with Gasteiger partial charge in [-0.05, 0) is 30.3 Å². The molecule has 0 fully saturated rings. The Labute approximate surface area is 104 Å². The molecular weight excluding hydrogens is 234 g/mol. The van der Waals surface area contributed by atoms with E-state index in [4.69, 9.17) is 5.26 Å². The predicted octanol–water partition coefficient (Wildman–Crippen LogP) is 3.60. The van der Waals surface area contributed by atoms with Crippen molar-refractivity contribution in [1.29, 1.82) is 5.26 Å². The van der Waals surface area contributed by atoms with Crippen LogP contribution in [-0.4, -0.2) is 7.05 Å². The molecule has 2 aromatic rings. The summed E-state index contributed by atoms with van der Waals surface area (Å²) in [6, 6.07) is 12.0. The first kappa shape index (κ1) is 12.1. The third-order valence-electron chi connectivity index (χ3n) is 2.61. The number of anilines is 2. The van der Waals surface area contributed by atoms with E-state index in [2.05, 4.69) is 0 Å². The van der Waals surface area contributed by atoms with Crippen LogP contribution >= 0.6 is 0 Å². The number of hydrogen-bond donors (Lipinski definition) is 0. The lowest BCUT2D eigenvalue weighted by Gasteiger charge is -2.20. The van der Waals surface area contributed by atoms with Gasteiger partial charge in [0, 0.05) is 12.7 Å². The Kier molecular flexibility index (Phi) is 3.24. The number of para-hydroxylation sites is 1. The summed E-state index contributed by atoms with van der Waals surface area (Å²) in [5, 5.41) is 8.78. The summed E-state index contributed by atoms with van der Waals surface area (Å²) < 4.78 is 26.9. The molecule has 0 saturated heterocycles. The van der Waals surface area contributed by atoms with Crippen LogP contribution in [0, 0.1) is 23.0 Å². The van der Waals surface area contributed by atoms with Crippen molar-refractivity contribution in [3.05, 3.63) is 59.7 Å². The summed E-state index contributed by atoms with van der Waals surface area (Å²) in [5.41, 5.74) is 0.955. The Morgan fingerprint density at radius 2 is 1.83 bits per heavy atom. The molecule has 0 bridgehead atoms. The van der Waals surface area contributed by atoms with Crippen LogP contribution in [0.5, 0.6) is 0 Å². The zero-order chi connectivity index (χ0) is 13.1. The molecule has 4 heteroatoms. The van der Waals surface area contributed by atoms with Crippen LogP contribution in [0.4, 0.5) is 20.2 Å². The van der Waals surface area contributed by atoms with E-state index in [-0.39, 0.29) is 5.56 Å². The van der Waals surface area contributed by atoms with Crippen LogP contribution < -0.4 is 4.90 Å². The van der Waals surface area contributed by atoms with Crippen molar-refractivity contribution in [2.24, 2.45) is 0 Å². The molecular formula is C14H10F2N2. The molecule has 0 aliphatic heterocycles. The van der Waals surface area contributed by atoms with Crippen LogP contribution in [0.3, 0.4) is 0 Å². The van der Waals surface area contributed by atoms with Crippen LogP contribution in [0.1, 0.15) is 5.56 Å². The number of hydrogen-bond acceptors (Lipinski definition) is 2. The van der Waals surface area contributed by atoms with Gasteiger partial charge in [0.15, 0.2) is 0 Å². The molecule has 2 rings (SSSR count). The summed E-state index contributed by atoms with van der Waals surface area (Å²) in [6.45, 7) is 0. The van der Waals surface area contributed by atoms with E-state index in [9.17, 15) is 8.78 Å². The Hall–Kier alpha value is -2.41. The van der Waals surface area contributed by atoms with Gasteiger partial charge in [-0.1, -0.05) is 12.1 Å². The van der Waals surface area contributed by atoms with E-state index in [0.717, 1.165) is 6.07 Å². The van der Waals surface area contributed by atoms with Crippen molar-refractivity contribution in [3.8, 4) is 6.07 Å². The predicted molar refractivity (Wildman–Crippen MR) is 65.6 cm³/mol. The van der Waals surface area contributed by atoms with Crippen molar-refractivity contribution in [2.45, 2.75) is 0 Å². The molecule has 0 heterocycles. The van der Waals surface area contributed by atoms with Gasteiger partial charge >= 0.3 is 0 Å². The third kappa shape index (κ3) is 2.30. The quantitative estimate of drug-likeness (QED) is 0.807. The molecule has 90 valence electrons. The molecule has 0 unspecified atom stereocenters. The molecule has 0 spiro atoms. The fraction of sp³-hybridized carbons (Fsp3) is 0.0714. The number of nitrogens with zero attached hydrogens (tertiary/aromatic N) is 2. The second-order valence-electron chi connectivity index (χ2n) is 3.82. The maximum Gasteiger partial charge on any atom is 0.146 e. The number of nitriles is 1. The minimum absolute atomic E-state index is 0.202. The normalized spacial score (nSPS) is 9.89. The molecule has 0 amide bonds. The molecule has 0 aliphatic rings. The molecule has 0 aliphatic carbocycles. The number of halogens is 2. The van der Waals surface area contributed by atoms with Gasteiger partial charge in [0.25, 0.3) is 0 Å². The van der Waals surface area contributed by atoms with Crippen LogP contribution in [-0.2, 0) is 0 Å². The first-order valence-electron chi connectivity index (χ1n) is 5.31. The third-order valence-corrected chi connectivity index (χ3v) is 2.61. The second-order valence-corrected chi connectivity index (χ2v) is 3.82. The molecule has 2 aromatic carbocycles. The van der Waals surface area contributed by atoms with Gasteiger partial charge in [-0.3, -0.25) is 0 Å². The number of benzene rings is 2. The van der Waals surface area contributed by atoms with E-state index >= 15 is 0 Å². The minimum Gasteiger partial charge on any atom is -0.342 e. The van der Waals surface area contributed by atoms with Gasteiger partial charge in [-0.25, -0.2) is 8.78 Å². The lowest BCUT2D eigenvalue weighted by Crippen LogP contribution is -2.11. The summed E-state index contributed by atoms with van der Waals surface area (Å²) >= 11 is 0. The standard InChI is InChI=1S/C14H10F2N2/c1-18(14-5-3-2-4-13(14)16)12-7-10(9-17)6-11(15)8-12/h2-8H,1H3. The van der Waals surface area contributed by atoms with E-state index < -0.39 is 11.6 Å². The van der Waals surface area contributed by atoms with E-state index in [1.165, 1.54) is 23.1 Å². The zero-order valence-electron chi connectivity index (χ0n) is 9.69. The van der Waals surface area contributed by atoms with E-state index in [1.807, 2.05) is 6.07 Å². The van der Waals surface area contributed by atoms with Crippen LogP contribution in [0.2, 0.25) is 0 Å². The molecule has 0 saturated carbocycles. The molecule has 18 heavy (non-hydrogen) atoms. The van der Waals surface area contributed by atoms with Gasteiger partial charge in [-0.2, -0.15) is 5.26 Å². The SMILES string of the molecule is CN(c1cc(F)cc(C#N)c1)c1ccccc1F. The largest absolute Gasteiger partial charge is 0.342 e. The van der Waals surface area contributed by atoms with Crippen molar-refractivity contribution < 1.29 is 8.78 Å². The topological polar surface area (TPSA) is 27.0 Å². The highest BCUT2D eigenvalue weighted by Crippen LogP contribution is 2.27. The average molecular weight is 244 g/mol. The molecule has 0 atom stereocenters. The molecule has 0 radical (unpaired) electrons. The van der Waals surface area contributed by atoms with E-state index in [1.54, 1.807) is 25.2 Å². The van der Waals surface area contributed by atoms with Gasteiger partial charge in [0.2, 0.25) is 0 Å². The number of rotatable bonds is 2. The lowest BCUT2D eigenvalue weighted by molar-refractivity contribution is 0.623. The monoisotopic (exact) mass is 244 g/mol. The molecule has 2 nitrogen and oxygen atoms in total. The van der Waals surface area contributed by atoms with Crippen molar-refractivity contribution in [3.63, 3.8) is 0 Å². The van der Waals surface area contributed by atoms with Crippen LogP contribution in [0.15, 0.2) is 42.5 Å². The fourth-order valence-corrected chi connectivity index (χ4v) is 1.70. The summed E-state index contributed by atoms with van der Waals surface area (Å²) in [7, 11) is 1.62. The first-order chi connectivity index (χ1) is 8.61. The smallest absolute Gasteiger partial charge is 0.146 e. The van der Waals surface area contributed by atoms with E-state index in [0.29, 0.717) is 11.4 Å². The second kappa shape index (κ2) is 4.84. The summed E-state index contributed by atoms with van der Waals surface area (Å²) in [6.07, 6.45) is 0. The summed E-state index contributed by atoms with van der Waals surface area (Å²) in [4.78, 5) is 1.50. The maximum absolute atomic E-state index is 13.6. The van der Waals surface area contributed by atoms with Crippen molar-refractivity contribution in [2.75, 3.05) is 11.9 Å². The van der Waals surface area contributed by atoms with Gasteiger partial charge in [0.05, 0.1) is 17.3 Å². The molecule has 0 N–H and O–H groups in total. The highest BCUT2D eigenvalue weighted by molar-refractivity contribution is 5.64. The Balaban J connectivity index is 2.47. The first-order valence-corrected chi connectivity index (χ1v) is 5.31. The lowest BCUT2D eigenvalue weighted by atomic mass is 10.2. The Morgan fingerprint density at radius 1 is 1.11 bits per heavy atom. The maximum atomic E-state index is 13.6. The van der Waals surface area contributed by atoms with Crippen molar-refractivity contribution in [1.82, 2.24) is 0 Å². The van der Waals surface area contributed by atoms with Crippen molar-refractivity contribution >= 4 is 11.4 Å². The van der Waals surface area contributed by atoms with Gasteiger partial charge < -0.3 is 4.90 Å². The average Bonchev–Trinajstić information content (AvgIpc) is 2.37. The Morgan fingerprint density at radius 3 is 2.50 bits per heavy atom. The van der Waals surface area contributed by atoms with Crippen LogP contribution in [0.25, 0.3) is 0 Å². The molecule has 0 aromatic heterocycles. The zero-order valence-corrected chi connectivity index (χ0v) is 9.69. The summed E-state index contributed by atoms with van der Waals surface area (Å²) in [5.74, 6) is -0.921. The fourth-order valence-electron chi connectivity index (χ4n) is 1.70. The highest BCUT2D eigenvalue weighted by atomic mass is 19.1. The Bertz CT molecular complexity index is 617. The minimum atomic E-state index is -0.521. The van der Waals surface area contributed by atoms with Gasteiger partial charge in [-0.15, -0.1) is 0 Å².